The molecule has 1 aromatic carbocycles. The Labute approximate surface area is 106 Å². The van der Waals surface area contributed by atoms with Crippen LogP contribution in [0.2, 0.25) is 0 Å². The van der Waals surface area contributed by atoms with Crippen molar-refractivity contribution in [2.75, 3.05) is 13.2 Å². The standard InChI is InChI=1S/C11H12BrFO4/c1-2-16-10(11(14)15)6-17-7-3-4-9(13)8(12)5-7/h3-5,10H,2,6H2,1H3,(H,14,15). The smallest absolute Gasteiger partial charge is 0.336 e. The Balaban J connectivity index is 2.59. The average Bonchev–Trinajstić information content (AvgIpc) is 2.28. The van der Waals surface area contributed by atoms with E-state index in [1.807, 2.05) is 0 Å². The second-order valence-corrected chi connectivity index (χ2v) is 4.02. The van der Waals surface area contributed by atoms with Gasteiger partial charge in [-0.05, 0) is 41.1 Å². The third-order valence-corrected chi connectivity index (χ3v) is 2.54. The van der Waals surface area contributed by atoms with Gasteiger partial charge >= 0.3 is 5.97 Å². The second kappa shape index (κ2) is 6.56. The molecule has 0 aliphatic heterocycles. The molecule has 0 bridgehead atoms. The predicted octanol–water partition coefficient (Wildman–Crippen LogP) is 2.46. The molecule has 1 atom stereocenters. The van der Waals surface area contributed by atoms with E-state index in [1.165, 1.54) is 18.2 Å². The van der Waals surface area contributed by atoms with Gasteiger partial charge in [-0.1, -0.05) is 0 Å². The molecule has 1 N–H and O–H groups in total. The van der Waals surface area contributed by atoms with Crippen molar-refractivity contribution in [2.24, 2.45) is 0 Å². The summed E-state index contributed by atoms with van der Waals surface area (Å²) in [6.07, 6.45) is -1.02. The van der Waals surface area contributed by atoms with Crippen LogP contribution in [0.3, 0.4) is 0 Å². The summed E-state index contributed by atoms with van der Waals surface area (Å²) in [7, 11) is 0. The first-order valence-corrected chi connectivity index (χ1v) is 5.76. The van der Waals surface area contributed by atoms with Crippen LogP contribution in [0, 0.1) is 5.82 Å². The monoisotopic (exact) mass is 306 g/mol. The highest BCUT2D eigenvalue weighted by atomic mass is 79.9. The van der Waals surface area contributed by atoms with Crippen molar-refractivity contribution in [2.45, 2.75) is 13.0 Å². The Hall–Kier alpha value is -1.14. The van der Waals surface area contributed by atoms with E-state index in [0.29, 0.717) is 5.75 Å². The van der Waals surface area contributed by atoms with E-state index in [-0.39, 0.29) is 17.7 Å². The molecule has 1 unspecified atom stereocenters. The van der Waals surface area contributed by atoms with Gasteiger partial charge in [-0.2, -0.15) is 0 Å². The van der Waals surface area contributed by atoms with E-state index in [9.17, 15) is 9.18 Å². The van der Waals surface area contributed by atoms with E-state index in [4.69, 9.17) is 14.6 Å². The van der Waals surface area contributed by atoms with Gasteiger partial charge in [0.2, 0.25) is 0 Å². The van der Waals surface area contributed by atoms with E-state index >= 15 is 0 Å². The molecule has 0 amide bonds. The minimum absolute atomic E-state index is 0.124. The minimum Gasteiger partial charge on any atom is -0.490 e. The highest BCUT2D eigenvalue weighted by Gasteiger charge is 2.18. The molecule has 0 aliphatic carbocycles. The van der Waals surface area contributed by atoms with Crippen molar-refractivity contribution in [1.82, 2.24) is 0 Å². The molecule has 6 heteroatoms. The number of hydrogen-bond donors (Lipinski definition) is 1. The van der Waals surface area contributed by atoms with E-state index in [0.717, 1.165) is 0 Å². The minimum atomic E-state index is -1.09. The van der Waals surface area contributed by atoms with Gasteiger partial charge in [-0.15, -0.1) is 0 Å². The number of rotatable bonds is 6. The van der Waals surface area contributed by atoms with Crippen molar-refractivity contribution >= 4 is 21.9 Å². The summed E-state index contributed by atoms with van der Waals surface area (Å²) in [5.41, 5.74) is 0. The third kappa shape index (κ3) is 4.32. The summed E-state index contributed by atoms with van der Waals surface area (Å²) >= 11 is 3.01. The van der Waals surface area contributed by atoms with Crippen molar-refractivity contribution in [3.63, 3.8) is 0 Å². The zero-order valence-corrected chi connectivity index (χ0v) is 10.7. The number of carboxylic acids is 1. The molecular weight excluding hydrogens is 295 g/mol. The molecule has 94 valence electrons. The van der Waals surface area contributed by atoms with Crippen molar-refractivity contribution in [3.05, 3.63) is 28.5 Å². The summed E-state index contributed by atoms with van der Waals surface area (Å²) in [5, 5.41) is 8.81. The number of benzene rings is 1. The first-order valence-electron chi connectivity index (χ1n) is 4.96. The van der Waals surface area contributed by atoms with Gasteiger partial charge < -0.3 is 14.6 Å². The van der Waals surface area contributed by atoms with Gasteiger partial charge in [0, 0.05) is 6.61 Å². The second-order valence-electron chi connectivity index (χ2n) is 3.17. The van der Waals surface area contributed by atoms with Gasteiger partial charge in [0.15, 0.2) is 6.10 Å². The fourth-order valence-electron chi connectivity index (χ4n) is 1.13. The van der Waals surface area contributed by atoms with E-state index in [2.05, 4.69) is 15.9 Å². The number of carboxylic acid groups (broad SMARTS) is 1. The molecule has 1 rings (SSSR count). The van der Waals surface area contributed by atoms with Crippen LogP contribution in [0.5, 0.6) is 5.75 Å². The van der Waals surface area contributed by atoms with Crippen molar-refractivity contribution in [1.29, 1.82) is 0 Å². The van der Waals surface area contributed by atoms with Crippen LogP contribution in [-0.2, 0) is 9.53 Å². The predicted molar refractivity (Wildman–Crippen MR) is 62.6 cm³/mol. The highest BCUT2D eigenvalue weighted by molar-refractivity contribution is 9.10. The van der Waals surface area contributed by atoms with Gasteiger partial charge in [-0.3, -0.25) is 0 Å². The molecule has 4 nitrogen and oxygen atoms in total. The maximum absolute atomic E-state index is 12.9. The topological polar surface area (TPSA) is 55.8 Å². The van der Waals surface area contributed by atoms with Gasteiger partial charge in [0.25, 0.3) is 0 Å². The number of halogens is 2. The van der Waals surface area contributed by atoms with Gasteiger partial charge in [0.1, 0.15) is 18.2 Å². The van der Waals surface area contributed by atoms with Gasteiger partial charge in [-0.25, -0.2) is 9.18 Å². The maximum atomic E-state index is 12.9. The third-order valence-electron chi connectivity index (χ3n) is 1.94. The quantitative estimate of drug-likeness (QED) is 0.877. The van der Waals surface area contributed by atoms with Crippen LogP contribution in [0.15, 0.2) is 22.7 Å². The van der Waals surface area contributed by atoms with E-state index < -0.39 is 17.9 Å². The van der Waals surface area contributed by atoms with E-state index in [1.54, 1.807) is 6.92 Å². The van der Waals surface area contributed by atoms with Crippen LogP contribution < -0.4 is 4.74 Å². The normalized spacial score (nSPS) is 12.2. The molecule has 0 heterocycles. The molecular formula is C11H12BrFO4. The Morgan fingerprint density at radius 3 is 2.82 bits per heavy atom. The number of hydrogen-bond acceptors (Lipinski definition) is 3. The Bertz CT molecular complexity index is 397. The van der Waals surface area contributed by atoms with Crippen molar-refractivity contribution in [3.8, 4) is 5.75 Å². The molecule has 0 radical (unpaired) electrons. The Morgan fingerprint density at radius 1 is 1.59 bits per heavy atom. The summed E-state index contributed by atoms with van der Waals surface area (Å²) in [5.74, 6) is -1.12. The van der Waals surface area contributed by atoms with Crippen molar-refractivity contribution < 1.29 is 23.8 Å². The van der Waals surface area contributed by atoms with Crippen LogP contribution in [-0.4, -0.2) is 30.4 Å². The van der Waals surface area contributed by atoms with Crippen LogP contribution in [0.25, 0.3) is 0 Å². The summed E-state index contributed by atoms with van der Waals surface area (Å²) in [6.45, 7) is 1.86. The van der Waals surface area contributed by atoms with Crippen LogP contribution >= 0.6 is 15.9 Å². The van der Waals surface area contributed by atoms with Crippen LogP contribution in [0.1, 0.15) is 6.92 Å². The molecule has 1 aromatic rings. The summed E-state index contributed by atoms with van der Waals surface area (Å²) < 4.78 is 23.4. The molecule has 0 spiro atoms. The lowest BCUT2D eigenvalue weighted by atomic mass is 10.3. The molecule has 0 aliphatic rings. The summed E-state index contributed by atoms with van der Waals surface area (Å²) in [4.78, 5) is 10.8. The molecule has 0 saturated carbocycles. The first-order chi connectivity index (χ1) is 8.04. The zero-order chi connectivity index (χ0) is 12.8. The SMILES string of the molecule is CCOC(COc1ccc(F)c(Br)c1)C(=O)O. The Kier molecular flexibility index (Phi) is 5.37. The fraction of sp³-hybridized carbons (Fsp3) is 0.364. The number of aliphatic carboxylic acids is 1. The average molecular weight is 307 g/mol. The highest BCUT2D eigenvalue weighted by Crippen LogP contribution is 2.21. The fourth-order valence-corrected chi connectivity index (χ4v) is 1.49. The molecule has 0 saturated heterocycles. The number of carbonyl (C=O) groups is 1. The van der Waals surface area contributed by atoms with Gasteiger partial charge in [0.05, 0.1) is 4.47 Å². The number of ether oxygens (including phenoxy) is 2. The Morgan fingerprint density at radius 2 is 2.29 bits per heavy atom. The lowest BCUT2D eigenvalue weighted by Crippen LogP contribution is -2.30. The zero-order valence-electron chi connectivity index (χ0n) is 9.15. The molecule has 0 aromatic heterocycles. The summed E-state index contributed by atoms with van der Waals surface area (Å²) in [6, 6.07) is 4.08. The molecule has 0 fully saturated rings. The maximum Gasteiger partial charge on any atom is 0.336 e. The molecule has 17 heavy (non-hydrogen) atoms. The largest absolute Gasteiger partial charge is 0.490 e. The lowest BCUT2D eigenvalue weighted by molar-refractivity contribution is -0.152. The van der Waals surface area contributed by atoms with Crippen LogP contribution in [0.4, 0.5) is 4.39 Å². The lowest BCUT2D eigenvalue weighted by Gasteiger charge is -2.13. The first kappa shape index (κ1) is 13.9.